The summed E-state index contributed by atoms with van der Waals surface area (Å²) in [6.07, 6.45) is 9.78. The maximum atomic E-state index is 13.6. The van der Waals surface area contributed by atoms with Gasteiger partial charge in [0.15, 0.2) is 0 Å². The molecule has 0 radical (unpaired) electrons. The van der Waals surface area contributed by atoms with Gasteiger partial charge >= 0.3 is 5.97 Å². The Bertz CT molecular complexity index is 1160. The largest absolute Gasteiger partial charge is 0.462 e. The van der Waals surface area contributed by atoms with Crippen LogP contribution in [0.15, 0.2) is 48.7 Å². The highest BCUT2D eigenvalue weighted by Crippen LogP contribution is 2.52. The van der Waals surface area contributed by atoms with Crippen LogP contribution in [0.4, 0.5) is 4.39 Å². The van der Waals surface area contributed by atoms with Gasteiger partial charge in [0, 0.05) is 36.7 Å². The molecule has 1 amide bonds. The van der Waals surface area contributed by atoms with Crippen molar-refractivity contribution < 1.29 is 18.7 Å². The molecule has 2 saturated carbocycles. The zero-order chi connectivity index (χ0) is 24.1. The van der Waals surface area contributed by atoms with Gasteiger partial charge in [-0.25, -0.2) is 4.39 Å². The first-order chi connectivity index (χ1) is 17.0. The minimum atomic E-state index is -0.264. The number of amides is 1. The molecule has 3 heterocycles. The quantitative estimate of drug-likeness (QED) is 0.587. The van der Waals surface area contributed by atoms with Gasteiger partial charge in [-0.2, -0.15) is 0 Å². The summed E-state index contributed by atoms with van der Waals surface area (Å²) in [4.78, 5) is 32.0. The van der Waals surface area contributed by atoms with E-state index in [1.807, 2.05) is 25.1 Å². The van der Waals surface area contributed by atoms with Crippen LogP contribution in [0.25, 0.3) is 17.2 Å². The molecular weight excluding hydrogens is 443 g/mol. The van der Waals surface area contributed by atoms with Crippen molar-refractivity contribution in [3.05, 3.63) is 60.2 Å². The van der Waals surface area contributed by atoms with Gasteiger partial charge in [-0.15, -0.1) is 0 Å². The van der Waals surface area contributed by atoms with Crippen LogP contribution >= 0.6 is 0 Å². The Balaban J connectivity index is 1.23. The van der Waals surface area contributed by atoms with Gasteiger partial charge in [0.25, 0.3) is 0 Å². The van der Waals surface area contributed by atoms with Crippen molar-refractivity contribution in [3.8, 4) is 11.1 Å². The first kappa shape index (κ1) is 22.4. The highest BCUT2D eigenvalue weighted by Gasteiger charge is 2.55. The van der Waals surface area contributed by atoms with E-state index in [0.717, 1.165) is 55.6 Å². The van der Waals surface area contributed by atoms with E-state index < -0.39 is 0 Å². The number of rotatable bonds is 4. The fraction of sp³-hybridized carbons (Fsp3) is 0.483. The standard InChI is InChI=1S/C29H31FN2O3/c1-17-27-25(10-9-23-8-7-20(15-31-23)19-3-2-4-22(30)13-19)24-11-12-32(28(33)18-5-6-18)16-21(24)14-26(27)29(34)35-17/h2-4,7-10,13,15,17-18,21,24-27H,5-6,11-12,14,16H2,1H3/b10-9+. The molecule has 6 heteroatoms. The van der Waals surface area contributed by atoms with Crippen molar-refractivity contribution in [2.24, 2.45) is 35.5 Å². The van der Waals surface area contributed by atoms with E-state index in [1.54, 1.807) is 12.3 Å². The van der Waals surface area contributed by atoms with Crippen LogP contribution < -0.4 is 0 Å². The molecule has 5 nitrogen and oxygen atoms in total. The third kappa shape index (κ3) is 4.28. The Morgan fingerprint density at radius 2 is 2.03 bits per heavy atom. The summed E-state index contributed by atoms with van der Waals surface area (Å²) in [5.41, 5.74) is 2.51. The third-order valence-corrected chi connectivity index (χ3v) is 8.57. The summed E-state index contributed by atoms with van der Waals surface area (Å²) in [7, 11) is 0. The lowest BCUT2D eigenvalue weighted by molar-refractivity contribution is -0.144. The summed E-state index contributed by atoms with van der Waals surface area (Å²) in [6.45, 7) is 3.58. The van der Waals surface area contributed by atoms with E-state index in [1.165, 1.54) is 12.1 Å². The SMILES string of the molecule is CC1OC(=O)C2CC3CN(C(=O)C4CC4)CCC3C(/C=C/c3ccc(-c4cccc(F)c4)cn3)C12. The molecule has 4 fully saturated rings. The van der Waals surface area contributed by atoms with Gasteiger partial charge in [-0.3, -0.25) is 14.6 Å². The van der Waals surface area contributed by atoms with E-state index in [0.29, 0.717) is 17.7 Å². The zero-order valence-corrected chi connectivity index (χ0v) is 20.0. The van der Waals surface area contributed by atoms with Crippen LogP contribution in [0.3, 0.4) is 0 Å². The van der Waals surface area contributed by atoms with Crippen molar-refractivity contribution in [3.63, 3.8) is 0 Å². The number of nitrogens with zero attached hydrogens (tertiary/aromatic N) is 2. The van der Waals surface area contributed by atoms with Crippen molar-refractivity contribution in [2.45, 2.75) is 38.7 Å². The molecule has 6 atom stereocenters. The summed E-state index contributed by atoms with van der Waals surface area (Å²) in [5, 5.41) is 0. The number of aromatic nitrogens is 1. The monoisotopic (exact) mass is 474 g/mol. The minimum Gasteiger partial charge on any atom is -0.462 e. The van der Waals surface area contributed by atoms with Crippen LogP contribution in [0, 0.1) is 41.3 Å². The first-order valence-electron chi connectivity index (χ1n) is 12.9. The lowest BCUT2D eigenvalue weighted by Gasteiger charge is -2.48. The number of hydrogen-bond acceptors (Lipinski definition) is 4. The predicted molar refractivity (Wildman–Crippen MR) is 130 cm³/mol. The van der Waals surface area contributed by atoms with Crippen molar-refractivity contribution in [2.75, 3.05) is 13.1 Å². The number of esters is 1. The molecule has 0 spiro atoms. The number of piperidine rings is 1. The molecule has 182 valence electrons. The van der Waals surface area contributed by atoms with Crippen LogP contribution in [0.2, 0.25) is 0 Å². The number of halogens is 1. The molecular formula is C29H31FN2O3. The third-order valence-electron chi connectivity index (χ3n) is 8.57. The van der Waals surface area contributed by atoms with Crippen LogP contribution in [0.1, 0.15) is 38.3 Å². The average Bonchev–Trinajstić information content (AvgIpc) is 3.67. The van der Waals surface area contributed by atoms with Gasteiger partial charge in [-0.05, 0) is 80.2 Å². The average molecular weight is 475 g/mol. The summed E-state index contributed by atoms with van der Waals surface area (Å²) in [5.74, 6) is 1.23. The number of likely N-dealkylation sites (tertiary alicyclic amines) is 1. The number of fused-ring (bicyclic) bond motifs is 2. The number of ether oxygens (including phenoxy) is 1. The van der Waals surface area contributed by atoms with Crippen molar-refractivity contribution in [1.29, 1.82) is 0 Å². The molecule has 2 aliphatic heterocycles. The lowest BCUT2D eigenvalue weighted by Crippen LogP contribution is -2.51. The Labute approximate surface area is 205 Å². The van der Waals surface area contributed by atoms with E-state index in [-0.39, 0.29) is 41.6 Å². The molecule has 4 aliphatic rings. The number of carbonyl (C=O) groups excluding carboxylic acids is 2. The Morgan fingerprint density at radius 3 is 2.77 bits per heavy atom. The molecule has 2 aliphatic carbocycles. The fourth-order valence-corrected chi connectivity index (χ4v) is 6.70. The number of carbonyl (C=O) groups is 2. The molecule has 0 bridgehead atoms. The topological polar surface area (TPSA) is 59.5 Å². The van der Waals surface area contributed by atoms with Crippen molar-refractivity contribution in [1.82, 2.24) is 9.88 Å². The number of hydrogen-bond donors (Lipinski definition) is 0. The second-order valence-electron chi connectivity index (χ2n) is 10.8. The smallest absolute Gasteiger partial charge is 0.309 e. The maximum Gasteiger partial charge on any atom is 0.309 e. The molecule has 2 saturated heterocycles. The highest BCUT2D eigenvalue weighted by atomic mass is 19.1. The Hall–Kier alpha value is -3.02. The molecule has 1 aromatic carbocycles. The second-order valence-corrected chi connectivity index (χ2v) is 10.8. The molecule has 35 heavy (non-hydrogen) atoms. The van der Waals surface area contributed by atoms with E-state index >= 15 is 0 Å². The molecule has 0 N–H and O–H groups in total. The number of pyridine rings is 1. The predicted octanol–water partition coefficient (Wildman–Crippen LogP) is 4.97. The Morgan fingerprint density at radius 1 is 1.17 bits per heavy atom. The normalized spacial score (nSPS) is 32.3. The van der Waals surface area contributed by atoms with E-state index in [4.69, 9.17) is 4.74 Å². The molecule has 1 aromatic heterocycles. The van der Waals surface area contributed by atoms with E-state index in [2.05, 4.69) is 22.0 Å². The number of benzene rings is 1. The van der Waals surface area contributed by atoms with Gasteiger partial charge in [0.1, 0.15) is 11.9 Å². The van der Waals surface area contributed by atoms with Crippen LogP contribution in [-0.4, -0.2) is 41.0 Å². The van der Waals surface area contributed by atoms with Gasteiger partial charge in [0.2, 0.25) is 5.91 Å². The highest BCUT2D eigenvalue weighted by molar-refractivity contribution is 5.81. The Kier molecular flexibility index (Phi) is 5.70. The lowest BCUT2D eigenvalue weighted by atomic mass is 9.59. The van der Waals surface area contributed by atoms with Crippen molar-refractivity contribution >= 4 is 18.0 Å². The number of allylic oxidation sites excluding steroid dienone is 1. The zero-order valence-electron chi connectivity index (χ0n) is 20.0. The summed E-state index contributed by atoms with van der Waals surface area (Å²) in [6, 6.07) is 10.4. The minimum absolute atomic E-state index is 0.0810. The summed E-state index contributed by atoms with van der Waals surface area (Å²) < 4.78 is 19.3. The summed E-state index contributed by atoms with van der Waals surface area (Å²) >= 11 is 0. The van der Waals surface area contributed by atoms with Gasteiger partial charge < -0.3 is 9.64 Å². The molecule has 6 unspecified atom stereocenters. The van der Waals surface area contributed by atoms with Crippen LogP contribution in [-0.2, 0) is 14.3 Å². The second kappa shape index (κ2) is 8.89. The van der Waals surface area contributed by atoms with Crippen LogP contribution in [0.5, 0.6) is 0 Å². The van der Waals surface area contributed by atoms with E-state index in [9.17, 15) is 14.0 Å². The number of cyclic esters (lactones) is 1. The van der Waals surface area contributed by atoms with Gasteiger partial charge in [-0.1, -0.05) is 24.3 Å². The first-order valence-corrected chi connectivity index (χ1v) is 12.9. The molecule has 6 rings (SSSR count). The fourth-order valence-electron chi connectivity index (χ4n) is 6.70. The van der Waals surface area contributed by atoms with Gasteiger partial charge in [0.05, 0.1) is 11.6 Å². The maximum absolute atomic E-state index is 13.6. The molecule has 2 aromatic rings.